The number of nitrogens with one attached hydrogen (secondary N) is 2. The average molecular weight is 324 g/mol. The Morgan fingerprint density at radius 2 is 2.12 bits per heavy atom. The standard InChI is InChI=1S/C10H11BrN2OS.ClH/c11-7-1-3-8(4-2-7)13-10(14)9-5-15-6-12-9;/h1-4,9,12H,5-6H2,(H,13,14);1H/t9-;/m1./s1. The molecule has 1 saturated heterocycles. The van der Waals surface area contributed by atoms with Crippen molar-refractivity contribution < 1.29 is 4.79 Å². The third-order valence-electron chi connectivity index (χ3n) is 2.14. The van der Waals surface area contributed by atoms with E-state index in [1.807, 2.05) is 24.3 Å². The van der Waals surface area contributed by atoms with E-state index in [0.717, 1.165) is 21.8 Å². The van der Waals surface area contributed by atoms with Gasteiger partial charge in [0.15, 0.2) is 0 Å². The number of thioether (sulfide) groups is 1. The highest BCUT2D eigenvalue weighted by atomic mass is 79.9. The Labute approximate surface area is 113 Å². The van der Waals surface area contributed by atoms with Crippen LogP contribution in [0.25, 0.3) is 0 Å². The average Bonchev–Trinajstić information content (AvgIpc) is 2.74. The molecule has 1 atom stereocenters. The Bertz CT molecular complexity index is 354. The lowest BCUT2D eigenvalue weighted by molar-refractivity contribution is -0.117. The van der Waals surface area contributed by atoms with Gasteiger partial charge in [-0.05, 0) is 24.3 Å². The lowest BCUT2D eigenvalue weighted by Crippen LogP contribution is -2.37. The molecule has 0 bridgehead atoms. The van der Waals surface area contributed by atoms with Crippen LogP contribution in [0.15, 0.2) is 28.7 Å². The van der Waals surface area contributed by atoms with Crippen molar-refractivity contribution in [1.29, 1.82) is 0 Å². The van der Waals surface area contributed by atoms with Crippen molar-refractivity contribution in [1.82, 2.24) is 5.32 Å². The van der Waals surface area contributed by atoms with E-state index < -0.39 is 0 Å². The molecule has 0 saturated carbocycles. The zero-order valence-electron chi connectivity index (χ0n) is 8.40. The van der Waals surface area contributed by atoms with Gasteiger partial charge in [0, 0.05) is 21.8 Å². The van der Waals surface area contributed by atoms with Gasteiger partial charge in [-0.2, -0.15) is 0 Å². The minimum atomic E-state index is -0.0568. The van der Waals surface area contributed by atoms with Crippen LogP contribution < -0.4 is 10.6 Å². The van der Waals surface area contributed by atoms with Crippen LogP contribution in [0.2, 0.25) is 0 Å². The molecule has 0 spiro atoms. The summed E-state index contributed by atoms with van der Waals surface area (Å²) in [4.78, 5) is 11.7. The Balaban J connectivity index is 0.00000128. The maximum Gasteiger partial charge on any atom is 0.242 e. The molecule has 2 N–H and O–H groups in total. The summed E-state index contributed by atoms with van der Waals surface area (Å²) in [5.74, 6) is 1.75. The number of anilines is 1. The summed E-state index contributed by atoms with van der Waals surface area (Å²) in [6.07, 6.45) is 0. The second kappa shape index (κ2) is 6.49. The van der Waals surface area contributed by atoms with Crippen LogP contribution >= 0.6 is 40.1 Å². The molecule has 1 aliphatic heterocycles. The van der Waals surface area contributed by atoms with E-state index in [2.05, 4.69) is 26.6 Å². The van der Waals surface area contributed by atoms with Gasteiger partial charge in [0.2, 0.25) is 5.91 Å². The third-order valence-corrected chi connectivity index (χ3v) is 3.61. The van der Waals surface area contributed by atoms with Crippen molar-refractivity contribution in [2.75, 3.05) is 16.9 Å². The molecule has 3 nitrogen and oxygen atoms in total. The van der Waals surface area contributed by atoms with Gasteiger partial charge in [0.1, 0.15) is 0 Å². The van der Waals surface area contributed by atoms with Crippen molar-refractivity contribution >= 4 is 51.7 Å². The van der Waals surface area contributed by atoms with Gasteiger partial charge >= 0.3 is 0 Å². The summed E-state index contributed by atoms with van der Waals surface area (Å²) in [7, 11) is 0. The minimum absolute atomic E-state index is 0. The first-order chi connectivity index (χ1) is 7.25. The summed E-state index contributed by atoms with van der Waals surface area (Å²) in [6, 6.07) is 7.52. The maximum atomic E-state index is 11.7. The quantitative estimate of drug-likeness (QED) is 0.878. The van der Waals surface area contributed by atoms with Gasteiger partial charge in [0.25, 0.3) is 0 Å². The summed E-state index contributed by atoms with van der Waals surface area (Å²) in [6.45, 7) is 0. The monoisotopic (exact) mass is 322 g/mol. The largest absolute Gasteiger partial charge is 0.325 e. The number of amides is 1. The second-order valence-electron chi connectivity index (χ2n) is 3.27. The van der Waals surface area contributed by atoms with Crippen molar-refractivity contribution in [3.8, 4) is 0 Å². The van der Waals surface area contributed by atoms with Crippen LogP contribution in [-0.4, -0.2) is 23.6 Å². The lowest BCUT2D eigenvalue weighted by Gasteiger charge is -2.10. The van der Waals surface area contributed by atoms with Gasteiger partial charge in [-0.1, -0.05) is 15.9 Å². The first-order valence-electron chi connectivity index (χ1n) is 4.63. The van der Waals surface area contributed by atoms with Crippen molar-refractivity contribution in [2.24, 2.45) is 0 Å². The Hall–Kier alpha value is -0.230. The van der Waals surface area contributed by atoms with Crippen molar-refractivity contribution in [3.05, 3.63) is 28.7 Å². The Morgan fingerprint density at radius 3 is 2.69 bits per heavy atom. The number of benzene rings is 1. The topological polar surface area (TPSA) is 41.1 Å². The van der Waals surface area contributed by atoms with Crippen LogP contribution in [0.3, 0.4) is 0 Å². The zero-order chi connectivity index (χ0) is 10.7. The van der Waals surface area contributed by atoms with Crippen LogP contribution in [0.4, 0.5) is 5.69 Å². The van der Waals surface area contributed by atoms with E-state index in [-0.39, 0.29) is 24.4 Å². The van der Waals surface area contributed by atoms with E-state index in [0.29, 0.717) is 0 Å². The minimum Gasteiger partial charge on any atom is -0.325 e. The van der Waals surface area contributed by atoms with E-state index in [9.17, 15) is 4.79 Å². The predicted octanol–water partition coefficient (Wildman–Crippen LogP) is 2.47. The van der Waals surface area contributed by atoms with Crippen molar-refractivity contribution in [2.45, 2.75) is 6.04 Å². The first-order valence-corrected chi connectivity index (χ1v) is 6.58. The summed E-state index contributed by atoms with van der Waals surface area (Å²) < 4.78 is 1.01. The molecule has 88 valence electrons. The predicted molar refractivity (Wildman–Crippen MR) is 74.3 cm³/mol. The van der Waals surface area contributed by atoms with Gasteiger partial charge in [0.05, 0.1) is 6.04 Å². The maximum absolute atomic E-state index is 11.7. The molecule has 0 radical (unpaired) electrons. The van der Waals surface area contributed by atoms with E-state index in [1.54, 1.807) is 11.8 Å². The summed E-state index contributed by atoms with van der Waals surface area (Å²) >= 11 is 5.09. The van der Waals surface area contributed by atoms with Gasteiger partial charge in [-0.3, -0.25) is 10.1 Å². The Kier molecular flexibility index (Phi) is 5.61. The van der Waals surface area contributed by atoms with Crippen LogP contribution in [0, 0.1) is 0 Å². The second-order valence-corrected chi connectivity index (χ2v) is 5.21. The molecule has 0 unspecified atom stereocenters. The van der Waals surface area contributed by atoms with E-state index in [1.165, 1.54) is 0 Å². The number of rotatable bonds is 2. The highest BCUT2D eigenvalue weighted by Gasteiger charge is 2.22. The molecule has 1 heterocycles. The molecule has 1 fully saturated rings. The van der Waals surface area contributed by atoms with Crippen molar-refractivity contribution in [3.63, 3.8) is 0 Å². The fourth-order valence-corrected chi connectivity index (χ4v) is 2.53. The molecule has 1 aromatic carbocycles. The SMILES string of the molecule is Cl.O=C(Nc1ccc(Br)cc1)[C@H]1CSCN1. The van der Waals surface area contributed by atoms with Crippen LogP contribution in [0.1, 0.15) is 0 Å². The highest BCUT2D eigenvalue weighted by molar-refractivity contribution is 9.10. The highest BCUT2D eigenvalue weighted by Crippen LogP contribution is 2.16. The van der Waals surface area contributed by atoms with Gasteiger partial charge in [-0.25, -0.2) is 0 Å². The number of carbonyl (C=O) groups excluding carboxylic acids is 1. The molecular formula is C10H12BrClN2OS. The summed E-state index contributed by atoms with van der Waals surface area (Å²) in [5.41, 5.74) is 0.835. The molecular weight excluding hydrogens is 312 g/mol. The first kappa shape index (κ1) is 13.8. The normalized spacial score (nSPS) is 18.9. The fraction of sp³-hybridized carbons (Fsp3) is 0.300. The van der Waals surface area contributed by atoms with Gasteiger partial charge < -0.3 is 5.32 Å². The molecule has 0 aromatic heterocycles. The fourth-order valence-electron chi connectivity index (χ4n) is 1.33. The molecule has 6 heteroatoms. The molecule has 1 aliphatic rings. The third kappa shape index (κ3) is 3.66. The smallest absolute Gasteiger partial charge is 0.242 e. The van der Waals surface area contributed by atoms with E-state index in [4.69, 9.17) is 0 Å². The molecule has 0 aliphatic carbocycles. The summed E-state index contributed by atoms with van der Waals surface area (Å²) in [5, 5.41) is 6.01. The number of halogens is 2. The molecule has 1 aromatic rings. The van der Waals surface area contributed by atoms with Crippen LogP contribution in [-0.2, 0) is 4.79 Å². The van der Waals surface area contributed by atoms with E-state index >= 15 is 0 Å². The number of hydrogen-bond acceptors (Lipinski definition) is 3. The molecule has 16 heavy (non-hydrogen) atoms. The zero-order valence-corrected chi connectivity index (χ0v) is 11.6. The van der Waals surface area contributed by atoms with Gasteiger partial charge in [-0.15, -0.1) is 24.2 Å². The Morgan fingerprint density at radius 1 is 1.44 bits per heavy atom. The molecule has 2 rings (SSSR count). The lowest BCUT2D eigenvalue weighted by atomic mass is 10.3. The molecule has 1 amide bonds. The number of carbonyl (C=O) groups is 1. The van der Waals surface area contributed by atoms with Crippen LogP contribution in [0.5, 0.6) is 0 Å². The number of hydrogen-bond donors (Lipinski definition) is 2.